The van der Waals surface area contributed by atoms with Crippen LogP contribution < -0.4 is 0 Å². The molecular formula is C32H48O. The van der Waals surface area contributed by atoms with Crippen molar-refractivity contribution in [2.75, 3.05) is 0 Å². The predicted molar refractivity (Wildman–Crippen MR) is 136 cm³/mol. The van der Waals surface area contributed by atoms with E-state index < -0.39 is 0 Å². The third kappa shape index (κ3) is 3.26. The minimum Gasteiger partial charge on any atom is -0.393 e. The van der Waals surface area contributed by atoms with Crippen LogP contribution in [0.4, 0.5) is 0 Å². The average molecular weight is 449 g/mol. The van der Waals surface area contributed by atoms with Gasteiger partial charge >= 0.3 is 0 Å². The summed E-state index contributed by atoms with van der Waals surface area (Å²) in [4.78, 5) is 0. The molecule has 1 nitrogen and oxygen atoms in total. The van der Waals surface area contributed by atoms with Gasteiger partial charge in [-0.2, -0.15) is 0 Å². The zero-order chi connectivity index (χ0) is 22.4. The Bertz CT molecular complexity index is 815. The Morgan fingerprint density at radius 3 is 2.36 bits per heavy atom. The number of hydrogen-bond acceptors (Lipinski definition) is 1. The molecule has 0 heterocycles. The van der Waals surface area contributed by atoms with Crippen LogP contribution in [0.15, 0.2) is 23.8 Å². The summed E-state index contributed by atoms with van der Waals surface area (Å²) in [7, 11) is 0. The lowest BCUT2D eigenvalue weighted by molar-refractivity contribution is -0.0494. The molecule has 1 N–H and O–H groups in total. The van der Waals surface area contributed by atoms with E-state index in [1.807, 2.05) is 0 Å². The van der Waals surface area contributed by atoms with Gasteiger partial charge in [-0.1, -0.05) is 37.6 Å². The number of aliphatic hydroxyl groups is 1. The summed E-state index contributed by atoms with van der Waals surface area (Å²) < 4.78 is 0. The van der Waals surface area contributed by atoms with Crippen LogP contribution in [-0.2, 0) is 0 Å². The van der Waals surface area contributed by atoms with Crippen molar-refractivity contribution >= 4 is 0 Å². The van der Waals surface area contributed by atoms with Crippen molar-refractivity contribution in [1.29, 1.82) is 0 Å². The van der Waals surface area contributed by atoms with Crippen LogP contribution in [0, 0.1) is 57.7 Å². The second kappa shape index (κ2) is 7.47. The van der Waals surface area contributed by atoms with Gasteiger partial charge in [-0.3, -0.25) is 0 Å². The Morgan fingerprint density at radius 1 is 0.909 bits per heavy atom. The lowest BCUT2D eigenvalue weighted by Crippen LogP contribution is -2.50. The van der Waals surface area contributed by atoms with Gasteiger partial charge in [0.15, 0.2) is 0 Å². The minimum atomic E-state index is -0.0775. The molecule has 8 aliphatic rings. The normalized spacial score (nSPS) is 57.0. The van der Waals surface area contributed by atoms with Crippen LogP contribution in [0.2, 0.25) is 0 Å². The fourth-order valence-corrected chi connectivity index (χ4v) is 12.0. The predicted octanol–water partition coefficient (Wildman–Crippen LogP) is 8.09. The zero-order valence-electron chi connectivity index (χ0n) is 21.4. The Hall–Kier alpha value is -0.560. The maximum Gasteiger partial charge on any atom is 0.0577 e. The second-order valence-electron chi connectivity index (χ2n) is 14.9. The summed E-state index contributed by atoms with van der Waals surface area (Å²) in [6.45, 7) is 5.28. The van der Waals surface area contributed by atoms with Crippen LogP contribution in [0.1, 0.15) is 110 Å². The van der Waals surface area contributed by atoms with Gasteiger partial charge in [-0.05, 0) is 154 Å². The van der Waals surface area contributed by atoms with E-state index in [2.05, 4.69) is 32.1 Å². The topological polar surface area (TPSA) is 20.2 Å². The molecule has 0 aliphatic heterocycles. The van der Waals surface area contributed by atoms with E-state index in [0.717, 1.165) is 54.3 Å². The fourth-order valence-electron chi connectivity index (χ4n) is 12.0. The first-order chi connectivity index (χ1) is 15.9. The molecule has 0 aromatic rings. The van der Waals surface area contributed by atoms with Crippen molar-refractivity contribution in [3.8, 4) is 0 Å². The molecule has 4 bridgehead atoms. The van der Waals surface area contributed by atoms with Gasteiger partial charge in [0.1, 0.15) is 0 Å². The van der Waals surface area contributed by atoms with Gasteiger partial charge in [0.2, 0.25) is 0 Å². The van der Waals surface area contributed by atoms with Crippen LogP contribution in [0.5, 0.6) is 0 Å². The molecule has 0 aromatic heterocycles. The standard InChI is InChI=1S/C32H48O/c1-30-13-10-29-27(7-5-25-17-26(33)9-12-31(25,29)2)28(30)8-6-24(30)4-3-11-32-18-21-14-22(19-32)16-23(15-21)20-32/h3,5,11,21-24,26-29,33H,4,6-10,12-20H2,1-2H3/b11-3+/t21?,22?,23?,24-,26-,27-,28-,29-,30+,31-,32?/m0/s1. The van der Waals surface area contributed by atoms with Gasteiger partial charge < -0.3 is 5.11 Å². The molecule has 0 radical (unpaired) electrons. The van der Waals surface area contributed by atoms with E-state index >= 15 is 0 Å². The van der Waals surface area contributed by atoms with Crippen molar-refractivity contribution in [3.63, 3.8) is 0 Å². The molecule has 7 atom stereocenters. The first-order valence-electron chi connectivity index (χ1n) is 14.9. The van der Waals surface area contributed by atoms with Crippen molar-refractivity contribution in [2.45, 2.75) is 116 Å². The van der Waals surface area contributed by atoms with Gasteiger partial charge in [-0.15, -0.1) is 0 Å². The third-order valence-electron chi connectivity index (χ3n) is 13.3. The van der Waals surface area contributed by atoms with Crippen LogP contribution in [0.25, 0.3) is 0 Å². The maximum atomic E-state index is 10.3. The lowest BCUT2D eigenvalue weighted by Gasteiger charge is -2.58. The first-order valence-corrected chi connectivity index (χ1v) is 14.9. The smallest absolute Gasteiger partial charge is 0.0577 e. The summed E-state index contributed by atoms with van der Waals surface area (Å²) in [6.07, 6.45) is 29.0. The minimum absolute atomic E-state index is 0.0775. The Labute approximate surface area is 202 Å². The third-order valence-corrected chi connectivity index (χ3v) is 13.3. The molecule has 0 amide bonds. The van der Waals surface area contributed by atoms with Crippen LogP contribution >= 0.6 is 0 Å². The summed E-state index contributed by atoms with van der Waals surface area (Å²) in [5.74, 6) is 6.84. The number of rotatable bonds is 3. The fraction of sp³-hybridized carbons (Fsp3) is 0.875. The molecule has 0 unspecified atom stereocenters. The SMILES string of the molecule is C[C@]12CC[C@H]3[C@@H](CC=C4C[C@@H](O)CC[C@@]43C)[C@@H]1CC[C@@H]2C/C=C/C12CC3CC(CC(C3)C1)C2. The quantitative estimate of drug-likeness (QED) is 0.432. The summed E-state index contributed by atoms with van der Waals surface area (Å²) in [6, 6.07) is 0. The molecule has 0 spiro atoms. The first kappa shape index (κ1) is 21.7. The Balaban J connectivity index is 1.06. The lowest BCUT2D eigenvalue weighted by atomic mass is 9.47. The highest BCUT2D eigenvalue weighted by molar-refractivity contribution is 5.25. The molecule has 8 aliphatic carbocycles. The van der Waals surface area contributed by atoms with E-state index in [1.165, 1.54) is 64.2 Å². The molecule has 0 saturated heterocycles. The van der Waals surface area contributed by atoms with E-state index in [1.54, 1.807) is 24.8 Å². The molecule has 8 rings (SSSR count). The highest BCUT2D eigenvalue weighted by Gasteiger charge is 2.58. The molecule has 182 valence electrons. The summed E-state index contributed by atoms with van der Waals surface area (Å²) in [5, 5.41) is 10.3. The van der Waals surface area contributed by atoms with Crippen molar-refractivity contribution in [3.05, 3.63) is 23.8 Å². The van der Waals surface area contributed by atoms with Crippen molar-refractivity contribution in [2.24, 2.45) is 57.7 Å². The number of fused-ring (bicyclic) bond motifs is 5. The Kier molecular flexibility index (Phi) is 4.91. The van der Waals surface area contributed by atoms with Crippen LogP contribution in [0.3, 0.4) is 0 Å². The highest BCUT2D eigenvalue weighted by atomic mass is 16.3. The van der Waals surface area contributed by atoms with Crippen LogP contribution in [-0.4, -0.2) is 11.2 Å². The van der Waals surface area contributed by atoms with Crippen molar-refractivity contribution in [1.82, 2.24) is 0 Å². The van der Waals surface area contributed by atoms with Gasteiger partial charge in [0, 0.05) is 0 Å². The Morgan fingerprint density at radius 2 is 1.64 bits per heavy atom. The van der Waals surface area contributed by atoms with Crippen molar-refractivity contribution < 1.29 is 5.11 Å². The molecule has 0 aromatic carbocycles. The second-order valence-corrected chi connectivity index (χ2v) is 14.9. The van der Waals surface area contributed by atoms with Gasteiger partial charge in [-0.25, -0.2) is 0 Å². The number of allylic oxidation sites excluding steroid dienone is 3. The van der Waals surface area contributed by atoms with E-state index in [0.29, 0.717) is 16.2 Å². The zero-order valence-corrected chi connectivity index (χ0v) is 21.4. The van der Waals surface area contributed by atoms with Gasteiger partial charge in [0.05, 0.1) is 6.10 Å². The molecule has 33 heavy (non-hydrogen) atoms. The summed E-state index contributed by atoms with van der Waals surface area (Å²) in [5.41, 5.74) is 3.19. The van der Waals surface area contributed by atoms with E-state index in [9.17, 15) is 5.11 Å². The highest BCUT2D eigenvalue weighted by Crippen LogP contribution is 2.67. The summed E-state index contributed by atoms with van der Waals surface area (Å²) >= 11 is 0. The van der Waals surface area contributed by atoms with Gasteiger partial charge in [0.25, 0.3) is 0 Å². The number of aliphatic hydroxyl groups excluding tert-OH is 1. The molecule has 7 saturated carbocycles. The maximum absolute atomic E-state index is 10.3. The average Bonchev–Trinajstić information content (AvgIpc) is 3.10. The largest absolute Gasteiger partial charge is 0.393 e. The molecule has 1 heteroatoms. The molecule has 7 fully saturated rings. The van der Waals surface area contributed by atoms with E-state index in [-0.39, 0.29) is 6.10 Å². The monoisotopic (exact) mass is 448 g/mol. The molecular weight excluding hydrogens is 400 g/mol. The van der Waals surface area contributed by atoms with E-state index in [4.69, 9.17) is 0 Å². The number of hydrogen-bond donors (Lipinski definition) is 1.